The third kappa shape index (κ3) is 5.25. The highest BCUT2D eigenvalue weighted by Gasteiger charge is 2.10. The van der Waals surface area contributed by atoms with Gasteiger partial charge in [0.05, 0.1) is 13.3 Å². The average Bonchev–Trinajstić information content (AvgIpc) is 3.21. The molecule has 1 amide bonds. The zero-order valence-corrected chi connectivity index (χ0v) is 18.1. The minimum Gasteiger partial charge on any atom is -0.496 e. The summed E-state index contributed by atoms with van der Waals surface area (Å²) < 4.78 is 11.2. The van der Waals surface area contributed by atoms with E-state index < -0.39 is 0 Å². The lowest BCUT2D eigenvalue weighted by molar-refractivity contribution is 0.0955. The number of hydrogen-bond acceptors (Lipinski definition) is 6. The summed E-state index contributed by atoms with van der Waals surface area (Å²) in [7, 11) is 1.63. The zero-order chi connectivity index (χ0) is 21.6. The van der Waals surface area contributed by atoms with Gasteiger partial charge in [0.2, 0.25) is 0 Å². The van der Waals surface area contributed by atoms with Crippen LogP contribution in [0.5, 0.6) is 5.75 Å². The van der Waals surface area contributed by atoms with Gasteiger partial charge in [-0.05, 0) is 54.1 Å². The van der Waals surface area contributed by atoms with Gasteiger partial charge in [0.25, 0.3) is 11.1 Å². The maximum atomic E-state index is 12.2. The Morgan fingerprint density at radius 2 is 2.06 bits per heavy atom. The van der Waals surface area contributed by atoms with Crippen molar-refractivity contribution in [3.05, 3.63) is 88.4 Å². The van der Waals surface area contributed by atoms with Gasteiger partial charge in [0.1, 0.15) is 11.3 Å². The number of hydrogen-bond donors (Lipinski definition) is 1. The number of thioether (sulfide) groups is 1. The number of benzene rings is 3. The van der Waals surface area contributed by atoms with Gasteiger partial charge in [0.15, 0.2) is 5.58 Å². The van der Waals surface area contributed by atoms with Crippen molar-refractivity contribution in [2.24, 2.45) is 5.10 Å². The molecule has 1 aromatic heterocycles. The first-order chi connectivity index (χ1) is 15.1. The summed E-state index contributed by atoms with van der Waals surface area (Å²) in [6, 6.07) is 20.0. The van der Waals surface area contributed by atoms with E-state index in [0.29, 0.717) is 21.6 Å². The quantitative estimate of drug-likeness (QED) is 0.226. The second-order valence-electron chi connectivity index (χ2n) is 6.52. The number of carbonyl (C=O) groups excluding carboxylic acids is 1. The third-order valence-corrected chi connectivity index (χ3v) is 5.51. The molecule has 0 aliphatic heterocycles. The molecule has 8 heteroatoms. The molecule has 4 aromatic rings. The van der Waals surface area contributed by atoms with E-state index in [1.165, 1.54) is 11.8 Å². The summed E-state index contributed by atoms with van der Waals surface area (Å²) in [6.07, 6.45) is 1.58. The van der Waals surface area contributed by atoms with Crippen LogP contribution in [0.1, 0.15) is 21.5 Å². The van der Waals surface area contributed by atoms with Crippen LogP contribution in [-0.4, -0.2) is 24.2 Å². The molecular formula is C23H18ClN3O3S. The fourth-order valence-corrected chi connectivity index (χ4v) is 3.91. The fraction of sp³-hybridized carbons (Fsp3) is 0.0870. The first kappa shape index (κ1) is 21.0. The monoisotopic (exact) mass is 451 g/mol. The molecular weight excluding hydrogens is 434 g/mol. The zero-order valence-electron chi connectivity index (χ0n) is 16.5. The molecule has 31 heavy (non-hydrogen) atoms. The van der Waals surface area contributed by atoms with Crippen LogP contribution < -0.4 is 10.2 Å². The van der Waals surface area contributed by atoms with E-state index in [0.717, 1.165) is 28.0 Å². The van der Waals surface area contributed by atoms with Crippen molar-refractivity contribution in [2.45, 2.75) is 11.0 Å². The Kier molecular flexibility index (Phi) is 6.54. The minimum atomic E-state index is -0.334. The number of nitrogens with zero attached hydrogens (tertiary/aromatic N) is 2. The van der Waals surface area contributed by atoms with Gasteiger partial charge in [-0.1, -0.05) is 41.6 Å². The van der Waals surface area contributed by atoms with Crippen molar-refractivity contribution in [3.63, 3.8) is 0 Å². The molecule has 0 fully saturated rings. The Labute approximate surface area is 188 Å². The molecule has 6 nitrogen and oxygen atoms in total. The Bertz CT molecular complexity index is 1220. The maximum Gasteiger partial charge on any atom is 0.271 e. The van der Waals surface area contributed by atoms with Crippen molar-refractivity contribution >= 4 is 46.6 Å². The van der Waals surface area contributed by atoms with E-state index in [4.69, 9.17) is 20.8 Å². The highest BCUT2D eigenvalue weighted by molar-refractivity contribution is 7.98. The molecule has 3 aromatic carbocycles. The Morgan fingerprint density at radius 3 is 2.87 bits per heavy atom. The van der Waals surface area contributed by atoms with Crippen molar-refractivity contribution in [3.8, 4) is 5.75 Å². The molecule has 0 radical (unpaired) electrons. The Hall–Kier alpha value is -3.29. The van der Waals surface area contributed by atoms with E-state index in [9.17, 15) is 4.79 Å². The van der Waals surface area contributed by atoms with Gasteiger partial charge in [-0.2, -0.15) is 5.10 Å². The Balaban J connectivity index is 1.44. The second-order valence-corrected chi connectivity index (χ2v) is 7.88. The van der Waals surface area contributed by atoms with Crippen LogP contribution in [0.25, 0.3) is 11.1 Å². The first-order valence-corrected chi connectivity index (χ1v) is 10.7. The molecule has 0 saturated heterocycles. The number of fused-ring (bicyclic) bond motifs is 1. The van der Waals surface area contributed by atoms with Crippen LogP contribution >= 0.6 is 23.4 Å². The van der Waals surface area contributed by atoms with Crippen LogP contribution in [0.15, 0.2) is 81.5 Å². The predicted octanol–water partition coefficient (Wildman–Crippen LogP) is 5.55. The summed E-state index contributed by atoms with van der Waals surface area (Å²) in [5.41, 5.74) is 6.31. The van der Waals surface area contributed by atoms with E-state index in [1.807, 2.05) is 42.5 Å². The molecule has 0 bridgehead atoms. The molecule has 156 valence electrons. The largest absolute Gasteiger partial charge is 0.496 e. The molecule has 0 saturated carbocycles. The number of hydrazone groups is 1. The normalized spacial score (nSPS) is 11.2. The number of amides is 1. The lowest BCUT2D eigenvalue weighted by atomic mass is 10.1. The third-order valence-electron chi connectivity index (χ3n) is 4.40. The van der Waals surface area contributed by atoms with E-state index >= 15 is 0 Å². The molecule has 4 rings (SSSR count). The second kappa shape index (κ2) is 9.68. The number of halogens is 1. The summed E-state index contributed by atoms with van der Waals surface area (Å²) in [5.74, 6) is 1.02. The molecule has 0 unspecified atom stereocenters. The summed E-state index contributed by atoms with van der Waals surface area (Å²) in [6.45, 7) is 0. The van der Waals surface area contributed by atoms with Crippen LogP contribution in [0.2, 0.25) is 5.02 Å². The Morgan fingerprint density at radius 1 is 1.19 bits per heavy atom. The number of nitrogens with one attached hydrogen (secondary N) is 1. The molecule has 0 aliphatic rings. The SMILES string of the molecule is COc1ccc(C=NNC(=O)c2cccc(Cl)c2)cc1CSc1nc2ccccc2o1. The van der Waals surface area contributed by atoms with Crippen LogP contribution in [0.4, 0.5) is 0 Å². The number of carbonyl (C=O) groups is 1. The smallest absolute Gasteiger partial charge is 0.271 e. The van der Waals surface area contributed by atoms with Gasteiger partial charge < -0.3 is 9.15 Å². The van der Waals surface area contributed by atoms with Gasteiger partial charge in [-0.25, -0.2) is 10.4 Å². The van der Waals surface area contributed by atoms with Gasteiger partial charge >= 0.3 is 0 Å². The van der Waals surface area contributed by atoms with E-state index in [2.05, 4.69) is 15.5 Å². The van der Waals surface area contributed by atoms with Crippen LogP contribution in [-0.2, 0) is 5.75 Å². The molecule has 0 atom stereocenters. The maximum absolute atomic E-state index is 12.2. The predicted molar refractivity (Wildman–Crippen MR) is 123 cm³/mol. The lowest BCUT2D eigenvalue weighted by Gasteiger charge is -2.08. The average molecular weight is 452 g/mol. The number of para-hydroxylation sites is 2. The van der Waals surface area contributed by atoms with Crippen LogP contribution in [0, 0.1) is 0 Å². The molecule has 1 heterocycles. The van der Waals surface area contributed by atoms with Crippen molar-refractivity contribution < 1.29 is 13.9 Å². The lowest BCUT2D eigenvalue weighted by Crippen LogP contribution is -2.17. The fourth-order valence-electron chi connectivity index (χ4n) is 2.90. The van der Waals surface area contributed by atoms with Gasteiger partial charge in [-0.15, -0.1) is 0 Å². The summed E-state index contributed by atoms with van der Waals surface area (Å²) in [4.78, 5) is 16.6. The number of ether oxygens (including phenoxy) is 1. The van der Waals surface area contributed by atoms with Crippen LogP contribution in [0.3, 0.4) is 0 Å². The molecule has 0 aliphatic carbocycles. The van der Waals surface area contributed by atoms with Crippen molar-refractivity contribution in [2.75, 3.05) is 7.11 Å². The van der Waals surface area contributed by atoms with Crippen molar-refractivity contribution in [1.29, 1.82) is 0 Å². The number of oxazole rings is 1. The number of aromatic nitrogens is 1. The molecule has 1 N–H and O–H groups in total. The first-order valence-electron chi connectivity index (χ1n) is 9.36. The van der Waals surface area contributed by atoms with Crippen molar-refractivity contribution in [1.82, 2.24) is 10.4 Å². The standard InChI is InChI=1S/C23H18ClN3O3S/c1-29-20-10-9-15(13-25-27-22(28)16-5-4-6-18(24)12-16)11-17(20)14-31-23-26-19-7-2-3-8-21(19)30-23/h2-13H,14H2,1H3,(H,27,28). The van der Waals surface area contributed by atoms with E-state index in [-0.39, 0.29) is 5.91 Å². The van der Waals surface area contributed by atoms with E-state index in [1.54, 1.807) is 37.6 Å². The minimum absolute atomic E-state index is 0.334. The molecule has 0 spiro atoms. The topological polar surface area (TPSA) is 76.7 Å². The highest BCUT2D eigenvalue weighted by Crippen LogP contribution is 2.30. The summed E-state index contributed by atoms with van der Waals surface area (Å²) in [5, 5.41) is 5.13. The van der Waals surface area contributed by atoms with Gasteiger partial charge in [-0.3, -0.25) is 4.79 Å². The number of methoxy groups -OCH3 is 1. The highest BCUT2D eigenvalue weighted by atomic mass is 35.5. The summed E-state index contributed by atoms with van der Waals surface area (Å²) >= 11 is 7.40. The van der Waals surface area contributed by atoms with Gasteiger partial charge in [0, 0.05) is 21.9 Å². The number of rotatable bonds is 7.